The first-order valence-electron chi connectivity index (χ1n) is 6.61. The molecule has 1 aromatic heterocycles. The molecule has 0 saturated carbocycles. The van der Waals surface area contributed by atoms with E-state index < -0.39 is 0 Å². The fourth-order valence-electron chi connectivity index (χ4n) is 2.60. The van der Waals surface area contributed by atoms with Gasteiger partial charge >= 0.3 is 0 Å². The molecule has 98 valence electrons. The number of fused-ring (bicyclic) bond motifs is 1. The Morgan fingerprint density at radius 2 is 2.21 bits per heavy atom. The second-order valence-electron chi connectivity index (χ2n) is 5.11. The van der Waals surface area contributed by atoms with Crippen molar-refractivity contribution in [2.75, 3.05) is 18.4 Å². The number of carbonyl (C=O) groups is 1. The standard InChI is InChI=1S/C15H17N3O/c1-10-8-16-9-12(10)15(19)18-14-6-2-5-13-11(14)4-3-7-17-13/h2-7,10,12,16H,8-9H2,1H3,(H,18,19)/t10-,12-/m1/s1. The smallest absolute Gasteiger partial charge is 0.229 e. The molecule has 0 bridgehead atoms. The molecule has 1 aliphatic rings. The number of nitrogens with zero attached hydrogens (tertiary/aromatic N) is 1. The second kappa shape index (κ2) is 4.97. The summed E-state index contributed by atoms with van der Waals surface area (Å²) in [5, 5.41) is 7.27. The topological polar surface area (TPSA) is 54.0 Å². The quantitative estimate of drug-likeness (QED) is 0.863. The molecule has 1 amide bonds. The van der Waals surface area contributed by atoms with Gasteiger partial charge in [0.2, 0.25) is 5.91 Å². The van der Waals surface area contributed by atoms with Gasteiger partial charge in [-0.3, -0.25) is 9.78 Å². The molecule has 4 nitrogen and oxygen atoms in total. The molecule has 0 radical (unpaired) electrons. The van der Waals surface area contributed by atoms with Gasteiger partial charge in [0.15, 0.2) is 0 Å². The van der Waals surface area contributed by atoms with Crippen LogP contribution >= 0.6 is 0 Å². The molecule has 0 aliphatic carbocycles. The lowest BCUT2D eigenvalue weighted by Crippen LogP contribution is -2.27. The molecule has 19 heavy (non-hydrogen) atoms. The van der Waals surface area contributed by atoms with Crippen molar-refractivity contribution in [1.82, 2.24) is 10.3 Å². The Hall–Kier alpha value is -1.94. The average molecular weight is 255 g/mol. The van der Waals surface area contributed by atoms with E-state index in [4.69, 9.17) is 0 Å². The van der Waals surface area contributed by atoms with Crippen LogP contribution in [-0.4, -0.2) is 24.0 Å². The summed E-state index contributed by atoms with van der Waals surface area (Å²) in [4.78, 5) is 16.6. The van der Waals surface area contributed by atoms with Gasteiger partial charge in [0.05, 0.1) is 17.1 Å². The highest BCUT2D eigenvalue weighted by Crippen LogP contribution is 2.24. The Morgan fingerprint density at radius 3 is 3.00 bits per heavy atom. The summed E-state index contributed by atoms with van der Waals surface area (Å²) in [6.45, 7) is 3.78. The number of aromatic nitrogens is 1. The van der Waals surface area contributed by atoms with Crippen LogP contribution in [-0.2, 0) is 4.79 Å². The van der Waals surface area contributed by atoms with Crippen LogP contribution in [0.1, 0.15) is 6.92 Å². The van der Waals surface area contributed by atoms with Crippen LogP contribution in [0.3, 0.4) is 0 Å². The van der Waals surface area contributed by atoms with E-state index in [1.807, 2.05) is 30.3 Å². The summed E-state index contributed by atoms with van der Waals surface area (Å²) in [6.07, 6.45) is 1.76. The highest BCUT2D eigenvalue weighted by molar-refractivity contribution is 6.01. The van der Waals surface area contributed by atoms with Gasteiger partial charge in [-0.2, -0.15) is 0 Å². The average Bonchev–Trinajstić information content (AvgIpc) is 2.85. The predicted octanol–water partition coefficient (Wildman–Crippen LogP) is 2.03. The maximum atomic E-state index is 12.3. The number of carbonyl (C=O) groups excluding carboxylic acids is 1. The molecule has 1 saturated heterocycles. The van der Waals surface area contributed by atoms with Crippen molar-refractivity contribution < 1.29 is 4.79 Å². The molecular weight excluding hydrogens is 238 g/mol. The van der Waals surface area contributed by atoms with Crippen molar-refractivity contribution in [2.45, 2.75) is 6.92 Å². The third-order valence-corrected chi connectivity index (χ3v) is 3.76. The van der Waals surface area contributed by atoms with Crippen molar-refractivity contribution >= 4 is 22.5 Å². The van der Waals surface area contributed by atoms with Crippen LogP contribution in [0.4, 0.5) is 5.69 Å². The van der Waals surface area contributed by atoms with E-state index in [0.29, 0.717) is 5.92 Å². The predicted molar refractivity (Wildman–Crippen MR) is 75.9 cm³/mol. The Kier molecular flexibility index (Phi) is 3.17. The van der Waals surface area contributed by atoms with E-state index >= 15 is 0 Å². The summed E-state index contributed by atoms with van der Waals surface area (Å²) in [7, 11) is 0. The first kappa shape index (κ1) is 12.1. The SMILES string of the molecule is C[C@@H]1CNC[C@H]1C(=O)Nc1cccc2ncccc12. The number of anilines is 1. The van der Waals surface area contributed by atoms with Crippen LogP contribution in [0.15, 0.2) is 36.5 Å². The van der Waals surface area contributed by atoms with Crippen molar-refractivity contribution in [3.8, 4) is 0 Å². The molecule has 4 heteroatoms. The van der Waals surface area contributed by atoms with Crippen LogP contribution < -0.4 is 10.6 Å². The molecule has 0 unspecified atom stereocenters. The van der Waals surface area contributed by atoms with Crippen molar-refractivity contribution in [2.24, 2.45) is 11.8 Å². The minimum atomic E-state index is 0.0481. The monoisotopic (exact) mass is 255 g/mol. The lowest BCUT2D eigenvalue weighted by molar-refractivity contribution is -0.120. The zero-order valence-corrected chi connectivity index (χ0v) is 10.9. The molecule has 0 spiro atoms. The zero-order valence-electron chi connectivity index (χ0n) is 10.9. The minimum absolute atomic E-state index is 0.0481. The Bertz CT molecular complexity index is 606. The van der Waals surface area contributed by atoms with E-state index in [2.05, 4.69) is 22.5 Å². The largest absolute Gasteiger partial charge is 0.325 e. The van der Waals surface area contributed by atoms with Gasteiger partial charge < -0.3 is 10.6 Å². The molecule has 2 heterocycles. The van der Waals surface area contributed by atoms with Crippen molar-refractivity contribution in [3.05, 3.63) is 36.5 Å². The number of amides is 1. The van der Waals surface area contributed by atoms with Gasteiger partial charge in [-0.15, -0.1) is 0 Å². The highest BCUT2D eigenvalue weighted by Gasteiger charge is 2.29. The summed E-state index contributed by atoms with van der Waals surface area (Å²) < 4.78 is 0. The minimum Gasteiger partial charge on any atom is -0.325 e. The van der Waals surface area contributed by atoms with E-state index in [9.17, 15) is 4.79 Å². The Morgan fingerprint density at radius 1 is 1.32 bits per heavy atom. The Labute approximate surface area is 112 Å². The fraction of sp³-hybridized carbons (Fsp3) is 0.333. The summed E-state index contributed by atoms with van der Waals surface area (Å²) >= 11 is 0. The van der Waals surface area contributed by atoms with Crippen molar-refractivity contribution in [3.63, 3.8) is 0 Å². The van der Waals surface area contributed by atoms with Gasteiger partial charge in [0.25, 0.3) is 0 Å². The lowest BCUT2D eigenvalue weighted by atomic mass is 9.97. The van der Waals surface area contributed by atoms with E-state index in [1.165, 1.54) is 0 Å². The number of nitrogens with one attached hydrogen (secondary N) is 2. The normalized spacial score (nSPS) is 22.6. The second-order valence-corrected chi connectivity index (χ2v) is 5.11. The van der Waals surface area contributed by atoms with Gasteiger partial charge in [-0.25, -0.2) is 0 Å². The number of benzene rings is 1. The van der Waals surface area contributed by atoms with Gasteiger partial charge in [-0.1, -0.05) is 13.0 Å². The van der Waals surface area contributed by atoms with E-state index in [-0.39, 0.29) is 11.8 Å². The third kappa shape index (κ3) is 2.31. The zero-order chi connectivity index (χ0) is 13.2. The van der Waals surface area contributed by atoms with Crippen LogP contribution in [0.5, 0.6) is 0 Å². The first-order chi connectivity index (χ1) is 9.25. The van der Waals surface area contributed by atoms with Gasteiger partial charge in [0.1, 0.15) is 0 Å². The maximum Gasteiger partial charge on any atom is 0.229 e. The molecule has 1 aliphatic heterocycles. The molecule has 2 atom stereocenters. The summed E-state index contributed by atoms with van der Waals surface area (Å²) in [5.41, 5.74) is 1.74. The molecule has 1 aromatic carbocycles. The number of hydrogen-bond acceptors (Lipinski definition) is 3. The number of hydrogen-bond donors (Lipinski definition) is 2. The van der Waals surface area contributed by atoms with Crippen molar-refractivity contribution in [1.29, 1.82) is 0 Å². The Balaban J connectivity index is 1.87. The molecule has 1 fully saturated rings. The summed E-state index contributed by atoms with van der Waals surface area (Å²) in [5.74, 6) is 0.522. The summed E-state index contributed by atoms with van der Waals surface area (Å²) in [6, 6.07) is 9.66. The fourth-order valence-corrected chi connectivity index (χ4v) is 2.60. The third-order valence-electron chi connectivity index (χ3n) is 3.76. The van der Waals surface area contributed by atoms with Crippen LogP contribution in [0, 0.1) is 11.8 Å². The van der Waals surface area contributed by atoms with Crippen LogP contribution in [0.2, 0.25) is 0 Å². The molecule has 2 N–H and O–H groups in total. The molecule has 3 rings (SSSR count). The first-order valence-corrected chi connectivity index (χ1v) is 6.61. The maximum absolute atomic E-state index is 12.3. The molecular formula is C15H17N3O. The highest BCUT2D eigenvalue weighted by atomic mass is 16.1. The van der Waals surface area contributed by atoms with E-state index in [0.717, 1.165) is 29.7 Å². The van der Waals surface area contributed by atoms with Gasteiger partial charge in [-0.05, 0) is 36.7 Å². The van der Waals surface area contributed by atoms with Crippen LogP contribution in [0.25, 0.3) is 10.9 Å². The number of rotatable bonds is 2. The van der Waals surface area contributed by atoms with Gasteiger partial charge in [0, 0.05) is 18.1 Å². The lowest BCUT2D eigenvalue weighted by Gasteiger charge is -2.15. The number of pyridine rings is 1. The molecule has 2 aromatic rings. The van der Waals surface area contributed by atoms with E-state index in [1.54, 1.807) is 6.20 Å².